The molecule has 0 radical (unpaired) electrons. The molecular formula is C20H23N3O5. The number of hydrogen-bond donors (Lipinski definition) is 2. The van der Waals surface area contributed by atoms with E-state index in [4.69, 9.17) is 4.74 Å². The average molecular weight is 385 g/mol. The first-order chi connectivity index (χ1) is 13.4. The van der Waals surface area contributed by atoms with Gasteiger partial charge in [-0.15, -0.1) is 0 Å². The second kappa shape index (κ2) is 8.24. The smallest absolute Gasteiger partial charge is 0.261 e. The summed E-state index contributed by atoms with van der Waals surface area (Å²) >= 11 is 0. The minimum Gasteiger partial charge on any atom is -0.497 e. The number of hydrogen-bond acceptors (Lipinski definition) is 5. The van der Waals surface area contributed by atoms with Crippen molar-refractivity contribution < 1.29 is 23.9 Å². The highest BCUT2D eigenvalue weighted by Crippen LogP contribution is 2.36. The predicted octanol–water partition coefficient (Wildman–Crippen LogP) is 0.725. The van der Waals surface area contributed by atoms with Crippen molar-refractivity contribution in [1.29, 1.82) is 0 Å². The number of amides is 4. The van der Waals surface area contributed by atoms with Crippen molar-refractivity contribution in [2.24, 2.45) is 11.8 Å². The van der Waals surface area contributed by atoms with E-state index in [2.05, 4.69) is 10.9 Å². The van der Waals surface area contributed by atoms with E-state index in [1.807, 2.05) is 12.2 Å². The molecule has 0 aromatic heterocycles. The molecule has 2 N–H and O–H groups in total. The van der Waals surface area contributed by atoms with Crippen LogP contribution in [0.15, 0.2) is 36.4 Å². The molecule has 2 aliphatic rings. The Morgan fingerprint density at radius 2 is 1.64 bits per heavy atom. The zero-order valence-electron chi connectivity index (χ0n) is 15.8. The van der Waals surface area contributed by atoms with Crippen molar-refractivity contribution in [3.63, 3.8) is 0 Å². The summed E-state index contributed by atoms with van der Waals surface area (Å²) in [4.78, 5) is 50.5. The fourth-order valence-corrected chi connectivity index (χ4v) is 3.53. The van der Waals surface area contributed by atoms with Crippen LogP contribution in [0.2, 0.25) is 0 Å². The van der Waals surface area contributed by atoms with Gasteiger partial charge in [-0.2, -0.15) is 0 Å². The summed E-state index contributed by atoms with van der Waals surface area (Å²) < 4.78 is 5.06. The summed E-state index contributed by atoms with van der Waals surface area (Å²) in [6, 6.07) is 5.98. The van der Waals surface area contributed by atoms with Crippen LogP contribution in [0.25, 0.3) is 0 Å². The number of methoxy groups -OCH3 is 1. The Balaban J connectivity index is 1.53. The molecule has 28 heavy (non-hydrogen) atoms. The molecule has 0 unspecified atom stereocenters. The first-order valence-electron chi connectivity index (χ1n) is 9.16. The minimum absolute atomic E-state index is 0.0655. The van der Waals surface area contributed by atoms with Crippen LogP contribution in [-0.2, 0) is 25.6 Å². The van der Waals surface area contributed by atoms with Gasteiger partial charge in [0.1, 0.15) is 11.8 Å². The van der Waals surface area contributed by atoms with Crippen molar-refractivity contribution in [1.82, 2.24) is 15.8 Å². The molecule has 1 saturated heterocycles. The number of fused-ring (bicyclic) bond motifs is 1. The van der Waals surface area contributed by atoms with Crippen LogP contribution in [0.4, 0.5) is 0 Å². The Kier molecular flexibility index (Phi) is 5.77. The average Bonchev–Trinajstić information content (AvgIpc) is 2.97. The van der Waals surface area contributed by atoms with E-state index in [1.54, 1.807) is 31.4 Å². The highest BCUT2D eigenvalue weighted by atomic mass is 16.5. The summed E-state index contributed by atoms with van der Waals surface area (Å²) in [5, 5.41) is 0. The number of imide groups is 1. The number of nitrogens with one attached hydrogen (secondary N) is 2. The highest BCUT2D eigenvalue weighted by molar-refractivity contribution is 6.08. The molecule has 1 aliphatic heterocycles. The third-order valence-electron chi connectivity index (χ3n) is 5.16. The van der Waals surface area contributed by atoms with Gasteiger partial charge < -0.3 is 4.74 Å². The van der Waals surface area contributed by atoms with Gasteiger partial charge in [-0.3, -0.25) is 34.9 Å². The van der Waals surface area contributed by atoms with Crippen LogP contribution in [0.1, 0.15) is 25.3 Å². The maximum atomic E-state index is 12.5. The number of nitrogens with zero attached hydrogens (tertiary/aromatic N) is 1. The van der Waals surface area contributed by atoms with Gasteiger partial charge in [0.2, 0.25) is 17.7 Å². The molecule has 1 aromatic rings. The van der Waals surface area contributed by atoms with Crippen molar-refractivity contribution >= 4 is 23.6 Å². The lowest BCUT2D eigenvalue weighted by Crippen LogP contribution is -2.53. The van der Waals surface area contributed by atoms with Gasteiger partial charge in [0.15, 0.2) is 0 Å². The van der Waals surface area contributed by atoms with Crippen LogP contribution in [0.5, 0.6) is 5.75 Å². The van der Waals surface area contributed by atoms with Crippen molar-refractivity contribution in [3.05, 3.63) is 42.0 Å². The van der Waals surface area contributed by atoms with Gasteiger partial charge in [0.05, 0.1) is 25.4 Å². The number of likely N-dealkylation sites (tertiary alicyclic amines) is 1. The number of carbonyl (C=O) groups excluding carboxylic acids is 4. The number of ether oxygens (including phenoxy) is 1. The summed E-state index contributed by atoms with van der Waals surface area (Å²) in [6.07, 6.45) is 4.87. The normalized spacial score (nSPS) is 21.9. The topological polar surface area (TPSA) is 105 Å². The molecule has 3 rings (SSSR count). The summed E-state index contributed by atoms with van der Waals surface area (Å²) in [6.45, 7) is 1.48. The zero-order valence-corrected chi connectivity index (χ0v) is 15.8. The van der Waals surface area contributed by atoms with E-state index >= 15 is 0 Å². The first-order valence-corrected chi connectivity index (χ1v) is 9.16. The molecule has 0 spiro atoms. The lowest BCUT2D eigenvalue weighted by molar-refractivity contribution is -0.147. The number of carbonyl (C=O) groups is 4. The van der Waals surface area contributed by atoms with Gasteiger partial charge in [0, 0.05) is 0 Å². The molecule has 1 heterocycles. The van der Waals surface area contributed by atoms with Crippen molar-refractivity contribution in [2.45, 2.75) is 32.2 Å². The Morgan fingerprint density at radius 1 is 1.07 bits per heavy atom. The third-order valence-corrected chi connectivity index (χ3v) is 5.16. The predicted molar refractivity (Wildman–Crippen MR) is 99.7 cm³/mol. The van der Waals surface area contributed by atoms with Crippen LogP contribution in [-0.4, -0.2) is 41.7 Å². The number of hydrazine groups is 1. The van der Waals surface area contributed by atoms with E-state index in [0.717, 1.165) is 10.5 Å². The molecule has 4 amide bonds. The van der Waals surface area contributed by atoms with E-state index in [-0.39, 0.29) is 18.2 Å². The molecule has 148 valence electrons. The molecule has 1 aromatic carbocycles. The van der Waals surface area contributed by atoms with Crippen molar-refractivity contribution in [2.75, 3.05) is 7.11 Å². The lowest BCUT2D eigenvalue weighted by atomic mass is 9.85. The monoisotopic (exact) mass is 385 g/mol. The van der Waals surface area contributed by atoms with Gasteiger partial charge >= 0.3 is 0 Å². The maximum absolute atomic E-state index is 12.5. The SMILES string of the molecule is COc1ccc(CC(=O)NNC(=O)[C@@H](C)N2C(=O)[C@H]3CC=CC[C@@H]3C2=O)cc1. The molecule has 3 atom stereocenters. The van der Waals surface area contributed by atoms with E-state index < -0.39 is 29.7 Å². The largest absolute Gasteiger partial charge is 0.497 e. The summed E-state index contributed by atoms with van der Waals surface area (Å²) in [5.41, 5.74) is 5.38. The molecule has 8 heteroatoms. The number of benzene rings is 1. The molecule has 0 bridgehead atoms. The Bertz CT molecular complexity index is 792. The van der Waals surface area contributed by atoms with Crippen LogP contribution < -0.4 is 15.6 Å². The Labute approximate surface area is 162 Å². The fourth-order valence-electron chi connectivity index (χ4n) is 3.53. The van der Waals surface area contributed by atoms with E-state index in [1.165, 1.54) is 6.92 Å². The zero-order chi connectivity index (χ0) is 20.3. The summed E-state index contributed by atoms with van der Waals surface area (Å²) in [5.74, 6) is -1.78. The van der Waals surface area contributed by atoms with E-state index in [9.17, 15) is 19.2 Å². The Morgan fingerprint density at radius 3 is 2.18 bits per heavy atom. The second-order valence-corrected chi connectivity index (χ2v) is 6.94. The lowest BCUT2D eigenvalue weighted by Gasteiger charge is -2.22. The van der Waals surface area contributed by atoms with Gasteiger partial charge in [-0.1, -0.05) is 24.3 Å². The number of rotatable bonds is 5. The molecule has 8 nitrogen and oxygen atoms in total. The Hall–Kier alpha value is -3.16. The van der Waals surface area contributed by atoms with Gasteiger partial charge in [-0.25, -0.2) is 0 Å². The summed E-state index contributed by atoms with van der Waals surface area (Å²) in [7, 11) is 1.56. The fraction of sp³-hybridized carbons (Fsp3) is 0.400. The van der Waals surface area contributed by atoms with Gasteiger partial charge in [-0.05, 0) is 37.5 Å². The minimum atomic E-state index is -0.994. The quantitative estimate of drug-likeness (QED) is 0.442. The molecule has 1 aliphatic carbocycles. The molecular weight excluding hydrogens is 362 g/mol. The second-order valence-electron chi connectivity index (χ2n) is 6.94. The van der Waals surface area contributed by atoms with Gasteiger partial charge in [0.25, 0.3) is 5.91 Å². The van der Waals surface area contributed by atoms with Crippen LogP contribution >= 0.6 is 0 Å². The van der Waals surface area contributed by atoms with Crippen molar-refractivity contribution in [3.8, 4) is 5.75 Å². The first kappa shape index (κ1) is 19.6. The molecule has 1 fully saturated rings. The third kappa shape index (κ3) is 3.90. The van der Waals surface area contributed by atoms with Crippen LogP contribution in [0, 0.1) is 11.8 Å². The highest BCUT2D eigenvalue weighted by Gasteiger charge is 2.50. The number of allylic oxidation sites excluding steroid dienone is 2. The molecule has 0 saturated carbocycles. The maximum Gasteiger partial charge on any atom is 0.261 e. The standard InChI is InChI=1S/C20H23N3O5/c1-12(23-19(26)15-5-3-4-6-16(15)20(23)27)18(25)22-21-17(24)11-13-7-9-14(28-2)10-8-13/h3-4,7-10,12,15-16H,5-6,11H2,1-2H3,(H,21,24)(H,22,25)/t12-,15+,16+/m1/s1. The van der Waals surface area contributed by atoms with Crippen LogP contribution in [0.3, 0.4) is 0 Å². The van der Waals surface area contributed by atoms with E-state index in [0.29, 0.717) is 18.6 Å².